The van der Waals surface area contributed by atoms with E-state index in [0.717, 1.165) is 27.6 Å². The molecular formula is C45H32N4OS. The van der Waals surface area contributed by atoms with Crippen molar-refractivity contribution in [3.05, 3.63) is 174 Å². The van der Waals surface area contributed by atoms with Crippen molar-refractivity contribution in [1.82, 2.24) is 20.5 Å². The van der Waals surface area contributed by atoms with Crippen molar-refractivity contribution in [3.8, 4) is 5.69 Å². The fourth-order valence-corrected chi connectivity index (χ4v) is 9.48. The molecule has 0 spiro atoms. The molecule has 3 N–H and O–H groups in total. The van der Waals surface area contributed by atoms with Crippen LogP contribution in [-0.2, 0) is 0 Å². The lowest BCUT2D eigenvalue weighted by Gasteiger charge is -2.40. The first-order valence-corrected chi connectivity index (χ1v) is 18.3. The number of nitrogens with one attached hydrogen (secondary N) is 3. The van der Waals surface area contributed by atoms with E-state index in [1.54, 1.807) is 0 Å². The van der Waals surface area contributed by atoms with Gasteiger partial charge in [0, 0.05) is 58.5 Å². The molecule has 5 nitrogen and oxygen atoms in total. The zero-order valence-electron chi connectivity index (χ0n) is 27.5. The van der Waals surface area contributed by atoms with Gasteiger partial charge >= 0.3 is 0 Å². The summed E-state index contributed by atoms with van der Waals surface area (Å²) in [4.78, 5) is 0. The van der Waals surface area contributed by atoms with Crippen LogP contribution in [0.5, 0.6) is 0 Å². The molecule has 244 valence electrons. The first kappa shape index (κ1) is 29.0. The van der Waals surface area contributed by atoms with Crippen LogP contribution in [0.2, 0.25) is 0 Å². The van der Waals surface area contributed by atoms with Crippen molar-refractivity contribution in [3.63, 3.8) is 0 Å². The largest absolute Gasteiger partial charge is 0.456 e. The molecule has 3 aromatic heterocycles. The van der Waals surface area contributed by atoms with Crippen molar-refractivity contribution in [2.24, 2.45) is 0 Å². The van der Waals surface area contributed by atoms with E-state index in [9.17, 15) is 0 Å². The maximum absolute atomic E-state index is 6.24. The van der Waals surface area contributed by atoms with Gasteiger partial charge in [0.1, 0.15) is 11.2 Å². The molecule has 1 saturated heterocycles. The maximum Gasteiger partial charge on any atom is 0.135 e. The Morgan fingerprint density at radius 3 is 2.00 bits per heavy atom. The molecule has 3 unspecified atom stereocenters. The van der Waals surface area contributed by atoms with Gasteiger partial charge in [0.2, 0.25) is 0 Å². The topological polar surface area (TPSA) is 54.2 Å². The van der Waals surface area contributed by atoms with E-state index in [1.807, 2.05) is 23.5 Å². The van der Waals surface area contributed by atoms with Crippen LogP contribution in [0.25, 0.3) is 69.6 Å². The van der Waals surface area contributed by atoms with Crippen LogP contribution >= 0.6 is 11.3 Å². The molecule has 3 atom stereocenters. The predicted octanol–water partition coefficient (Wildman–Crippen LogP) is 11.2. The lowest BCUT2D eigenvalue weighted by molar-refractivity contribution is 0.205. The highest BCUT2D eigenvalue weighted by molar-refractivity contribution is 7.26. The van der Waals surface area contributed by atoms with Crippen molar-refractivity contribution < 1.29 is 4.42 Å². The van der Waals surface area contributed by atoms with Gasteiger partial charge in [0.05, 0.1) is 29.5 Å². The van der Waals surface area contributed by atoms with Gasteiger partial charge < -0.3 is 8.98 Å². The fraction of sp³-hybridized carbons (Fsp3) is 0.0667. The highest BCUT2D eigenvalue weighted by Gasteiger charge is 2.33. The number of nitrogens with zero attached hydrogens (tertiary/aromatic N) is 1. The second kappa shape index (κ2) is 11.4. The zero-order chi connectivity index (χ0) is 33.5. The van der Waals surface area contributed by atoms with Gasteiger partial charge in [-0.2, -0.15) is 0 Å². The minimum absolute atomic E-state index is 0.0891. The van der Waals surface area contributed by atoms with Gasteiger partial charge in [0.25, 0.3) is 0 Å². The highest BCUT2D eigenvalue weighted by Crippen LogP contribution is 2.42. The predicted molar refractivity (Wildman–Crippen MR) is 211 cm³/mol. The molecule has 1 aliphatic rings. The number of aromatic nitrogens is 1. The van der Waals surface area contributed by atoms with Crippen LogP contribution in [0.3, 0.4) is 0 Å². The third kappa shape index (κ3) is 4.51. The van der Waals surface area contributed by atoms with E-state index in [0.29, 0.717) is 0 Å². The molecule has 6 heteroatoms. The second-order valence-electron chi connectivity index (χ2n) is 13.4. The molecule has 1 fully saturated rings. The van der Waals surface area contributed by atoms with Crippen LogP contribution in [0.4, 0.5) is 0 Å². The lowest BCUT2D eigenvalue weighted by Crippen LogP contribution is -2.54. The molecule has 0 amide bonds. The smallest absolute Gasteiger partial charge is 0.135 e. The summed E-state index contributed by atoms with van der Waals surface area (Å²) in [6, 6.07) is 56.5. The average molecular weight is 677 g/mol. The summed E-state index contributed by atoms with van der Waals surface area (Å²) in [6.45, 7) is 0. The molecule has 0 saturated carbocycles. The Labute approximate surface area is 297 Å². The number of fused-ring (bicyclic) bond motifs is 9. The summed E-state index contributed by atoms with van der Waals surface area (Å²) in [7, 11) is 0. The quantitative estimate of drug-likeness (QED) is 0.174. The second-order valence-corrected chi connectivity index (χ2v) is 14.5. The normalized spacial score (nSPS) is 18.2. The van der Waals surface area contributed by atoms with E-state index in [4.69, 9.17) is 4.42 Å². The summed E-state index contributed by atoms with van der Waals surface area (Å²) in [6.07, 6.45) is -0.370. The molecule has 4 heterocycles. The minimum atomic E-state index is -0.170. The van der Waals surface area contributed by atoms with E-state index in [2.05, 4.69) is 166 Å². The summed E-state index contributed by atoms with van der Waals surface area (Å²) >= 11 is 1.87. The van der Waals surface area contributed by atoms with Crippen molar-refractivity contribution in [1.29, 1.82) is 0 Å². The van der Waals surface area contributed by atoms with E-state index in [1.165, 1.54) is 58.7 Å². The lowest BCUT2D eigenvalue weighted by atomic mass is 10.0. The summed E-state index contributed by atoms with van der Waals surface area (Å²) < 4.78 is 11.3. The van der Waals surface area contributed by atoms with Crippen molar-refractivity contribution in [2.75, 3.05) is 0 Å². The average Bonchev–Trinajstić information content (AvgIpc) is 3.87. The standard InChI is InChI=1S/C45H32N4OS/c1-2-12-27(13-3-1)43-46-44(48-45(47-43)35-20-11-18-33-31-16-6-9-23-40(31)51-42(33)35)34-19-10-17-32-29-14-4-7-21-37(29)49(41(32)34)28-24-25-39-36(26-28)30-15-5-8-22-38(30)50-39/h1-26,43-48H. The van der Waals surface area contributed by atoms with E-state index < -0.39 is 0 Å². The first-order chi connectivity index (χ1) is 25.3. The van der Waals surface area contributed by atoms with Crippen LogP contribution in [0.1, 0.15) is 35.2 Å². The van der Waals surface area contributed by atoms with Gasteiger partial charge in [0.15, 0.2) is 0 Å². The van der Waals surface area contributed by atoms with Crippen LogP contribution in [0, 0.1) is 0 Å². The van der Waals surface area contributed by atoms with Gasteiger partial charge in [-0.1, -0.05) is 121 Å². The van der Waals surface area contributed by atoms with E-state index in [-0.39, 0.29) is 18.5 Å². The third-order valence-electron chi connectivity index (χ3n) is 10.5. The van der Waals surface area contributed by atoms with Gasteiger partial charge in [-0.3, -0.25) is 16.0 Å². The number of rotatable bonds is 4. The summed E-state index contributed by atoms with van der Waals surface area (Å²) in [5.41, 5.74) is 8.91. The minimum Gasteiger partial charge on any atom is -0.456 e. The van der Waals surface area contributed by atoms with Crippen LogP contribution in [0.15, 0.2) is 162 Å². The summed E-state index contributed by atoms with van der Waals surface area (Å²) in [5.74, 6) is 0. The Balaban J connectivity index is 1.12. The zero-order valence-corrected chi connectivity index (χ0v) is 28.3. The van der Waals surface area contributed by atoms with Crippen LogP contribution in [-0.4, -0.2) is 4.57 Å². The van der Waals surface area contributed by atoms with Crippen LogP contribution < -0.4 is 16.0 Å². The molecule has 0 bridgehead atoms. The monoisotopic (exact) mass is 676 g/mol. The number of benzene rings is 7. The van der Waals surface area contributed by atoms with Gasteiger partial charge in [-0.05, 0) is 42.0 Å². The number of furan rings is 1. The first-order valence-electron chi connectivity index (χ1n) is 17.5. The molecule has 51 heavy (non-hydrogen) atoms. The molecular weight excluding hydrogens is 645 g/mol. The Morgan fingerprint density at radius 2 is 1.12 bits per heavy atom. The van der Waals surface area contributed by atoms with Crippen molar-refractivity contribution >= 4 is 75.3 Å². The molecule has 0 aliphatic carbocycles. The maximum atomic E-state index is 6.24. The number of thiophene rings is 1. The number of para-hydroxylation sites is 3. The Bertz CT molecular complexity index is 2940. The Morgan fingerprint density at radius 1 is 0.471 bits per heavy atom. The van der Waals surface area contributed by atoms with Gasteiger partial charge in [-0.15, -0.1) is 11.3 Å². The molecule has 10 aromatic rings. The van der Waals surface area contributed by atoms with Crippen molar-refractivity contribution in [2.45, 2.75) is 18.5 Å². The summed E-state index contributed by atoms with van der Waals surface area (Å²) in [5, 5.41) is 19.3. The SMILES string of the molecule is c1ccc(C2NC(c3cccc4c3sc3ccccc34)NC(c3cccc4c5ccccc5n(-c5ccc6oc7ccccc7c6c5)c34)N2)cc1. The number of hydrogen-bond donors (Lipinski definition) is 3. The Kier molecular flexibility index (Phi) is 6.48. The van der Waals surface area contributed by atoms with E-state index >= 15 is 0 Å². The molecule has 1 aliphatic heterocycles. The third-order valence-corrected chi connectivity index (χ3v) is 11.8. The number of hydrogen-bond acceptors (Lipinski definition) is 5. The Hall–Kier alpha value is -5.76. The van der Waals surface area contributed by atoms with Gasteiger partial charge in [-0.25, -0.2) is 0 Å². The highest BCUT2D eigenvalue weighted by atomic mass is 32.1. The fourth-order valence-electron chi connectivity index (χ4n) is 8.24. The molecule has 0 radical (unpaired) electrons. The molecule has 11 rings (SSSR count). The molecule has 7 aromatic carbocycles.